The van der Waals surface area contributed by atoms with Crippen molar-refractivity contribution in [2.45, 2.75) is 25.8 Å². The van der Waals surface area contributed by atoms with Crippen molar-refractivity contribution in [3.05, 3.63) is 30.3 Å². The summed E-state index contributed by atoms with van der Waals surface area (Å²) in [5.41, 5.74) is 5.32. The average molecular weight is 278 g/mol. The number of anilines is 1. The Balaban J connectivity index is 2.28. The van der Waals surface area contributed by atoms with Gasteiger partial charge in [0, 0.05) is 0 Å². The second-order valence-electron chi connectivity index (χ2n) is 4.64. The van der Waals surface area contributed by atoms with Crippen molar-refractivity contribution in [3.63, 3.8) is 0 Å². The normalized spacial score (nSPS) is 13.8. The Morgan fingerprint density at radius 3 is 2.90 bits per heavy atom. The number of nitrogens with zero attached hydrogens (tertiary/aromatic N) is 4. The van der Waals surface area contributed by atoms with Crippen molar-refractivity contribution in [3.8, 4) is 5.69 Å². The Morgan fingerprint density at radius 2 is 2.30 bits per heavy atom. The zero-order valence-electron chi connectivity index (χ0n) is 11.2. The lowest BCUT2D eigenvalue weighted by Gasteiger charge is -2.21. The number of nitrogens with one attached hydrogen (secondary N) is 1. The van der Waals surface area contributed by atoms with Crippen molar-refractivity contribution in [1.82, 2.24) is 20.2 Å². The predicted octanol–water partition coefficient (Wildman–Crippen LogP) is 0.867. The van der Waals surface area contributed by atoms with Gasteiger partial charge in [0.15, 0.2) is 0 Å². The van der Waals surface area contributed by atoms with E-state index in [0.29, 0.717) is 12.1 Å². The second kappa shape index (κ2) is 5.33. The van der Waals surface area contributed by atoms with E-state index < -0.39 is 17.3 Å². The van der Waals surface area contributed by atoms with Gasteiger partial charge in [-0.15, -0.1) is 5.10 Å². The molecule has 0 bridgehead atoms. The van der Waals surface area contributed by atoms with Crippen LogP contribution in [0.1, 0.15) is 20.3 Å². The number of carbonyl (C=O) groups is 1. The third-order valence-corrected chi connectivity index (χ3v) is 3.06. The molecule has 8 heteroatoms. The standard InChI is InChI=1S/C12H15FN6O/c1-3-12(2,14)11(20)16-10-6-8(4-5-9(10)13)19-7-15-17-18-19/h4-7H,3,14H2,1-2H3,(H,16,20). The zero-order valence-corrected chi connectivity index (χ0v) is 11.2. The summed E-state index contributed by atoms with van der Waals surface area (Å²) in [5, 5.41) is 13.2. The van der Waals surface area contributed by atoms with Gasteiger partial charge in [-0.2, -0.15) is 0 Å². The van der Waals surface area contributed by atoms with Crippen LogP contribution in [0.2, 0.25) is 0 Å². The molecule has 20 heavy (non-hydrogen) atoms. The molecule has 0 saturated heterocycles. The summed E-state index contributed by atoms with van der Waals surface area (Å²) in [6.07, 6.45) is 1.81. The molecule has 3 N–H and O–H groups in total. The first-order valence-electron chi connectivity index (χ1n) is 6.07. The van der Waals surface area contributed by atoms with E-state index in [9.17, 15) is 9.18 Å². The minimum atomic E-state index is -1.06. The molecule has 1 heterocycles. The fourth-order valence-corrected chi connectivity index (χ4v) is 1.46. The molecule has 7 nitrogen and oxygen atoms in total. The molecule has 0 aliphatic heterocycles. The Labute approximate surface area is 115 Å². The van der Waals surface area contributed by atoms with Gasteiger partial charge in [0.1, 0.15) is 12.1 Å². The van der Waals surface area contributed by atoms with Gasteiger partial charge in [-0.25, -0.2) is 9.07 Å². The van der Waals surface area contributed by atoms with Crippen LogP contribution in [-0.2, 0) is 4.79 Å². The highest BCUT2D eigenvalue weighted by Gasteiger charge is 2.26. The number of halogens is 1. The van der Waals surface area contributed by atoms with Gasteiger partial charge in [-0.3, -0.25) is 4.79 Å². The number of benzene rings is 1. The van der Waals surface area contributed by atoms with E-state index in [1.807, 2.05) is 0 Å². The lowest BCUT2D eigenvalue weighted by atomic mass is 9.99. The van der Waals surface area contributed by atoms with Crippen LogP contribution in [0, 0.1) is 5.82 Å². The maximum Gasteiger partial charge on any atom is 0.244 e. The minimum absolute atomic E-state index is 0.0353. The largest absolute Gasteiger partial charge is 0.322 e. The maximum atomic E-state index is 13.7. The van der Waals surface area contributed by atoms with Gasteiger partial charge < -0.3 is 11.1 Å². The van der Waals surface area contributed by atoms with Crippen molar-refractivity contribution in [1.29, 1.82) is 0 Å². The molecule has 106 valence electrons. The van der Waals surface area contributed by atoms with Crippen LogP contribution in [0.15, 0.2) is 24.5 Å². The van der Waals surface area contributed by atoms with Gasteiger partial charge >= 0.3 is 0 Å². The fraction of sp³-hybridized carbons (Fsp3) is 0.333. The minimum Gasteiger partial charge on any atom is -0.322 e. The molecule has 2 aromatic rings. The predicted molar refractivity (Wildman–Crippen MR) is 70.6 cm³/mol. The summed E-state index contributed by atoms with van der Waals surface area (Å²) in [4.78, 5) is 12.0. The highest BCUT2D eigenvalue weighted by Crippen LogP contribution is 2.19. The van der Waals surface area contributed by atoms with Crippen LogP contribution < -0.4 is 11.1 Å². The molecule has 1 aromatic carbocycles. The quantitative estimate of drug-likeness (QED) is 0.864. The number of hydrogen-bond acceptors (Lipinski definition) is 5. The van der Waals surface area contributed by atoms with Gasteiger partial charge in [-0.05, 0) is 42.0 Å². The molecule has 0 radical (unpaired) electrons. The highest BCUT2D eigenvalue weighted by molar-refractivity contribution is 5.97. The molecule has 0 aliphatic rings. The lowest BCUT2D eigenvalue weighted by molar-refractivity contribution is -0.120. The van der Waals surface area contributed by atoms with Crippen LogP contribution in [0.4, 0.5) is 10.1 Å². The van der Waals surface area contributed by atoms with Gasteiger partial charge in [-0.1, -0.05) is 6.92 Å². The number of hydrogen-bond donors (Lipinski definition) is 2. The van der Waals surface area contributed by atoms with E-state index in [4.69, 9.17) is 5.73 Å². The number of amides is 1. The molecule has 1 atom stereocenters. The molecule has 2 rings (SSSR count). The van der Waals surface area contributed by atoms with Gasteiger partial charge in [0.25, 0.3) is 0 Å². The van der Waals surface area contributed by atoms with Gasteiger partial charge in [0.05, 0.1) is 16.9 Å². The molecule has 0 fully saturated rings. The molecule has 1 amide bonds. The van der Waals surface area contributed by atoms with E-state index in [0.717, 1.165) is 0 Å². The topological polar surface area (TPSA) is 98.7 Å². The molecule has 0 spiro atoms. The summed E-state index contributed by atoms with van der Waals surface area (Å²) >= 11 is 0. The zero-order chi connectivity index (χ0) is 14.8. The number of carbonyl (C=O) groups excluding carboxylic acids is 1. The number of rotatable bonds is 4. The van der Waals surface area contributed by atoms with Crippen molar-refractivity contribution >= 4 is 11.6 Å². The first-order chi connectivity index (χ1) is 9.44. The molecule has 0 aliphatic carbocycles. The maximum absolute atomic E-state index is 13.7. The van der Waals surface area contributed by atoms with Crippen molar-refractivity contribution in [2.75, 3.05) is 5.32 Å². The highest BCUT2D eigenvalue weighted by atomic mass is 19.1. The third-order valence-electron chi connectivity index (χ3n) is 3.06. The van der Waals surface area contributed by atoms with E-state index in [1.54, 1.807) is 13.8 Å². The third kappa shape index (κ3) is 2.80. The van der Waals surface area contributed by atoms with E-state index >= 15 is 0 Å². The molecule has 0 saturated carbocycles. The monoisotopic (exact) mass is 278 g/mol. The molecule has 1 unspecified atom stereocenters. The number of nitrogens with two attached hydrogens (primary N) is 1. The molecular weight excluding hydrogens is 263 g/mol. The average Bonchev–Trinajstić information content (AvgIpc) is 2.95. The molecule has 1 aromatic heterocycles. The summed E-state index contributed by atoms with van der Waals surface area (Å²) in [6, 6.07) is 4.17. The van der Waals surface area contributed by atoms with Crippen LogP contribution in [-0.4, -0.2) is 31.7 Å². The Kier molecular flexibility index (Phi) is 3.75. The van der Waals surface area contributed by atoms with Crippen molar-refractivity contribution < 1.29 is 9.18 Å². The lowest BCUT2D eigenvalue weighted by Crippen LogP contribution is -2.47. The first kappa shape index (κ1) is 14.1. The van der Waals surface area contributed by atoms with Crippen LogP contribution >= 0.6 is 0 Å². The smallest absolute Gasteiger partial charge is 0.244 e. The Bertz CT molecular complexity index is 610. The second-order valence-corrected chi connectivity index (χ2v) is 4.64. The summed E-state index contributed by atoms with van der Waals surface area (Å²) in [5.74, 6) is -1.00. The molecular formula is C12H15FN6O. The summed E-state index contributed by atoms with van der Waals surface area (Å²) in [6.45, 7) is 3.37. The summed E-state index contributed by atoms with van der Waals surface area (Å²) in [7, 11) is 0. The van der Waals surface area contributed by atoms with Crippen LogP contribution in [0.3, 0.4) is 0 Å². The first-order valence-corrected chi connectivity index (χ1v) is 6.07. The van der Waals surface area contributed by atoms with Crippen molar-refractivity contribution in [2.24, 2.45) is 5.73 Å². The summed E-state index contributed by atoms with van der Waals surface area (Å²) < 4.78 is 15.1. The van der Waals surface area contributed by atoms with E-state index in [2.05, 4.69) is 20.8 Å². The van der Waals surface area contributed by atoms with Crippen LogP contribution in [0.25, 0.3) is 5.69 Å². The number of aromatic nitrogens is 4. The number of tetrazole rings is 1. The van der Waals surface area contributed by atoms with Crippen LogP contribution in [0.5, 0.6) is 0 Å². The Hall–Kier alpha value is -2.35. The SMILES string of the molecule is CCC(C)(N)C(=O)Nc1cc(-n2cnnn2)ccc1F. The Morgan fingerprint density at radius 1 is 1.55 bits per heavy atom. The van der Waals surface area contributed by atoms with Gasteiger partial charge in [0.2, 0.25) is 5.91 Å². The fourth-order valence-electron chi connectivity index (χ4n) is 1.46. The van der Waals surface area contributed by atoms with E-state index in [1.165, 1.54) is 29.2 Å². The van der Waals surface area contributed by atoms with E-state index in [-0.39, 0.29) is 5.69 Å².